The molecule has 6 atom stereocenters. The minimum atomic E-state index is -5.02. The van der Waals surface area contributed by atoms with Gasteiger partial charge in [-0.25, -0.2) is 4.57 Å². The fourth-order valence-corrected chi connectivity index (χ4v) is 10.1. The van der Waals surface area contributed by atoms with Crippen LogP contribution in [0.5, 0.6) is 0 Å². The molecule has 1 aliphatic carbocycles. The van der Waals surface area contributed by atoms with Crippen molar-refractivity contribution in [2.75, 3.05) is 19.8 Å². The van der Waals surface area contributed by atoms with Gasteiger partial charge in [0, 0.05) is 13.0 Å². The van der Waals surface area contributed by atoms with E-state index in [-0.39, 0.29) is 13.0 Å². The standard InChI is InChI=1S/C57H109O12P/c1-3-5-7-9-11-13-15-17-19-21-23-24-25-26-27-29-31-33-35-37-39-41-43-45-47-66-48-50(49-67-70(64,65)69-57-55(62)53(60)52(59)54(61)56(57)63)68-51(58)46-44-42-40-38-36-34-32-30-28-22-20-18-16-14-12-10-8-6-4-2/h18,20-21,23,50,52-57,59-63H,3-17,19,22,24-49H2,1-2H3,(H,64,65)/b20-18-,23-21-. The minimum Gasteiger partial charge on any atom is -0.457 e. The van der Waals surface area contributed by atoms with Gasteiger partial charge < -0.3 is 39.9 Å². The van der Waals surface area contributed by atoms with E-state index in [0.717, 1.165) is 38.5 Å². The van der Waals surface area contributed by atoms with Gasteiger partial charge in [-0.15, -0.1) is 0 Å². The van der Waals surface area contributed by atoms with Crippen LogP contribution >= 0.6 is 7.82 Å². The highest BCUT2D eigenvalue weighted by Crippen LogP contribution is 2.47. The van der Waals surface area contributed by atoms with E-state index >= 15 is 0 Å². The number of rotatable bonds is 51. The van der Waals surface area contributed by atoms with E-state index < -0.39 is 63.1 Å². The Bertz CT molecular complexity index is 1250. The highest BCUT2D eigenvalue weighted by molar-refractivity contribution is 7.47. The van der Waals surface area contributed by atoms with Crippen LogP contribution in [0, 0.1) is 0 Å². The van der Waals surface area contributed by atoms with E-state index in [2.05, 4.69) is 38.2 Å². The Labute approximate surface area is 428 Å². The third-order valence-electron chi connectivity index (χ3n) is 13.8. The maximum Gasteiger partial charge on any atom is 0.472 e. The highest BCUT2D eigenvalue weighted by Gasteiger charge is 2.51. The first-order valence-corrected chi connectivity index (χ1v) is 30.7. The first-order valence-electron chi connectivity index (χ1n) is 29.2. The molecule has 13 heteroatoms. The van der Waals surface area contributed by atoms with Crippen LogP contribution in [0.2, 0.25) is 0 Å². The Morgan fingerprint density at radius 2 is 0.757 bits per heavy atom. The van der Waals surface area contributed by atoms with E-state index in [1.165, 1.54) is 205 Å². The molecule has 0 spiro atoms. The Hall–Kier alpha value is -1.18. The summed E-state index contributed by atoms with van der Waals surface area (Å²) in [5.74, 6) is -0.475. The molecule has 6 N–H and O–H groups in total. The van der Waals surface area contributed by atoms with Gasteiger partial charge in [-0.05, 0) is 64.2 Å². The number of phosphoric acid groups is 1. The zero-order valence-electron chi connectivity index (χ0n) is 44.8. The molecule has 414 valence electrons. The van der Waals surface area contributed by atoms with Crippen molar-refractivity contribution in [3.8, 4) is 0 Å². The molecular formula is C57H109O12P. The molecule has 6 unspecified atom stereocenters. The lowest BCUT2D eigenvalue weighted by atomic mass is 9.85. The Morgan fingerprint density at radius 3 is 1.13 bits per heavy atom. The molecule has 0 bridgehead atoms. The fraction of sp³-hybridized carbons (Fsp3) is 0.912. The number of unbranched alkanes of at least 4 members (excludes halogenated alkanes) is 35. The lowest BCUT2D eigenvalue weighted by molar-refractivity contribution is -0.220. The van der Waals surface area contributed by atoms with Crippen LogP contribution in [-0.4, -0.2) is 98.9 Å². The van der Waals surface area contributed by atoms with Gasteiger partial charge >= 0.3 is 13.8 Å². The lowest BCUT2D eigenvalue weighted by Gasteiger charge is -2.41. The highest BCUT2D eigenvalue weighted by atomic mass is 31.2. The number of aliphatic hydroxyl groups excluding tert-OH is 5. The smallest absolute Gasteiger partial charge is 0.457 e. The molecule has 12 nitrogen and oxygen atoms in total. The number of carbonyl (C=O) groups excluding carboxylic acids is 1. The number of ether oxygens (including phenoxy) is 2. The van der Waals surface area contributed by atoms with Gasteiger partial charge in [0.25, 0.3) is 0 Å². The zero-order valence-corrected chi connectivity index (χ0v) is 45.7. The second-order valence-corrected chi connectivity index (χ2v) is 21.9. The summed E-state index contributed by atoms with van der Waals surface area (Å²) in [4.78, 5) is 23.3. The summed E-state index contributed by atoms with van der Waals surface area (Å²) in [6.45, 7) is 4.31. The van der Waals surface area contributed by atoms with Crippen LogP contribution in [-0.2, 0) is 27.9 Å². The van der Waals surface area contributed by atoms with Crippen molar-refractivity contribution in [1.82, 2.24) is 0 Å². The van der Waals surface area contributed by atoms with Crippen LogP contribution in [0.15, 0.2) is 24.3 Å². The molecule has 70 heavy (non-hydrogen) atoms. The summed E-state index contributed by atoms with van der Waals surface area (Å²) in [6, 6.07) is 0. The zero-order chi connectivity index (χ0) is 51.2. The van der Waals surface area contributed by atoms with E-state index in [0.29, 0.717) is 13.0 Å². The molecule has 0 radical (unpaired) electrons. The summed E-state index contributed by atoms with van der Waals surface area (Å²) in [6.07, 6.45) is 45.3. The fourth-order valence-electron chi connectivity index (χ4n) is 9.17. The van der Waals surface area contributed by atoms with Crippen LogP contribution in [0.1, 0.15) is 271 Å². The summed E-state index contributed by atoms with van der Waals surface area (Å²) in [5.41, 5.74) is 0. The molecule has 0 aliphatic heterocycles. The number of hydrogen-bond acceptors (Lipinski definition) is 11. The van der Waals surface area contributed by atoms with Gasteiger partial charge in [0.05, 0.1) is 13.2 Å². The van der Waals surface area contributed by atoms with E-state index in [1.807, 2.05) is 0 Å². The average molecular weight is 1020 g/mol. The van der Waals surface area contributed by atoms with Gasteiger partial charge in [0.1, 0.15) is 42.7 Å². The van der Waals surface area contributed by atoms with Gasteiger partial charge in [0.15, 0.2) is 0 Å². The third-order valence-corrected chi connectivity index (χ3v) is 14.8. The molecule has 1 rings (SSSR count). The Kier molecular flexibility index (Phi) is 45.4. The van der Waals surface area contributed by atoms with Crippen LogP contribution in [0.4, 0.5) is 0 Å². The van der Waals surface area contributed by atoms with Crippen molar-refractivity contribution in [3.63, 3.8) is 0 Å². The molecular weight excluding hydrogens is 908 g/mol. The SMILES string of the molecule is CCCCCCCC/C=C\CCCCCCCCCCCC(=O)OC(COCCCCCCCCCCCCCC/C=C\CCCCCCCCCC)COP(=O)(O)OC1C(O)C(O)C(O)C(O)C1O. The molecule has 0 aromatic heterocycles. The second kappa shape index (κ2) is 47.5. The van der Waals surface area contributed by atoms with Crippen LogP contribution in [0.25, 0.3) is 0 Å². The van der Waals surface area contributed by atoms with Crippen molar-refractivity contribution in [1.29, 1.82) is 0 Å². The van der Waals surface area contributed by atoms with Crippen molar-refractivity contribution in [2.45, 2.75) is 313 Å². The van der Waals surface area contributed by atoms with Crippen molar-refractivity contribution < 1.29 is 58.3 Å². The van der Waals surface area contributed by atoms with Crippen molar-refractivity contribution in [3.05, 3.63) is 24.3 Å². The Morgan fingerprint density at radius 1 is 0.443 bits per heavy atom. The third kappa shape index (κ3) is 38.4. The molecule has 0 amide bonds. The van der Waals surface area contributed by atoms with E-state index in [4.69, 9.17) is 18.5 Å². The summed E-state index contributed by atoms with van der Waals surface area (Å²) in [5, 5.41) is 50.4. The number of allylic oxidation sites excluding steroid dienone is 4. The van der Waals surface area contributed by atoms with Gasteiger partial charge in [-0.3, -0.25) is 13.8 Å². The normalized spacial score (nSPS) is 21.0. The molecule has 0 saturated heterocycles. The number of hydrogen-bond donors (Lipinski definition) is 6. The second-order valence-electron chi connectivity index (χ2n) is 20.5. The molecule has 1 aliphatic rings. The summed E-state index contributed by atoms with van der Waals surface area (Å²) >= 11 is 0. The average Bonchev–Trinajstić information content (AvgIpc) is 3.35. The quantitative estimate of drug-likeness (QED) is 0.0146. The van der Waals surface area contributed by atoms with Crippen LogP contribution < -0.4 is 0 Å². The maximum atomic E-state index is 12.9. The number of carbonyl (C=O) groups is 1. The van der Waals surface area contributed by atoms with Crippen molar-refractivity contribution >= 4 is 13.8 Å². The minimum absolute atomic E-state index is 0.0738. The predicted octanol–water partition coefficient (Wildman–Crippen LogP) is 14.0. The predicted molar refractivity (Wildman–Crippen MR) is 286 cm³/mol. The first-order chi connectivity index (χ1) is 34.0. The van der Waals surface area contributed by atoms with Gasteiger partial charge in [0.2, 0.25) is 0 Å². The summed E-state index contributed by atoms with van der Waals surface area (Å²) < 4.78 is 34.4. The molecule has 1 saturated carbocycles. The van der Waals surface area contributed by atoms with E-state index in [9.17, 15) is 39.8 Å². The van der Waals surface area contributed by atoms with Gasteiger partial charge in [-0.2, -0.15) is 0 Å². The lowest BCUT2D eigenvalue weighted by Crippen LogP contribution is -2.64. The first kappa shape index (κ1) is 66.8. The van der Waals surface area contributed by atoms with Crippen LogP contribution in [0.3, 0.4) is 0 Å². The monoisotopic (exact) mass is 1020 g/mol. The topological polar surface area (TPSA) is 192 Å². The largest absolute Gasteiger partial charge is 0.472 e. The van der Waals surface area contributed by atoms with Crippen molar-refractivity contribution in [2.24, 2.45) is 0 Å². The summed E-state index contributed by atoms with van der Waals surface area (Å²) in [7, 11) is -5.02. The number of phosphoric ester groups is 1. The molecule has 0 aromatic carbocycles. The molecule has 1 fully saturated rings. The number of aliphatic hydroxyl groups is 5. The molecule has 0 heterocycles. The van der Waals surface area contributed by atoms with Gasteiger partial charge in [-0.1, -0.05) is 224 Å². The van der Waals surface area contributed by atoms with E-state index in [1.54, 1.807) is 0 Å². The number of esters is 1. The molecule has 0 aromatic rings. The maximum absolute atomic E-state index is 12.9. The Balaban J connectivity index is 2.26.